The van der Waals surface area contributed by atoms with Gasteiger partial charge in [0.2, 0.25) is 0 Å². The second-order valence-electron chi connectivity index (χ2n) is 5.38. The molecule has 1 aromatic carbocycles. The Bertz CT molecular complexity index is 490. The van der Waals surface area contributed by atoms with Gasteiger partial charge in [-0.3, -0.25) is 0 Å². The Labute approximate surface area is 122 Å². The van der Waals surface area contributed by atoms with Gasteiger partial charge in [-0.1, -0.05) is 22.9 Å². The molecule has 0 amide bonds. The molecule has 2 unspecified atom stereocenters. The van der Waals surface area contributed by atoms with E-state index in [-0.39, 0.29) is 0 Å². The first-order valence-corrected chi connectivity index (χ1v) is 7.13. The van der Waals surface area contributed by atoms with Crippen LogP contribution in [0.25, 0.3) is 0 Å². The zero-order chi connectivity index (χ0) is 14.2. The van der Waals surface area contributed by atoms with E-state index in [4.69, 9.17) is 0 Å². The van der Waals surface area contributed by atoms with Crippen LogP contribution in [0.2, 0.25) is 0 Å². The van der Waals surface area contributed by atoms with Crippen LogP contribution in [0.5, 0.6) is 0 Å². The molecule has 0 saturated carbocycles. The Morgan fingerprint density at radius 2 is 2.11 bits per heavy atom. The number of carboxylic acids is 1. The Morgan fingerprint density at radius 3 is 2.63 bits per heavy atom. The number of rotatable bonds is 3. The lowest BCUT2D eigenvalue weighted by Crippen LogP contribution is -2.34. The third-order valence-electron chi connectivity index (χ3n) is 3.77. The molecule has 0 aliphatic carbocycles. The van der Waals surface area contributed by atoms with Gasteiger partial charge < -0.3 is 14.9 Å². The smallest absolute Gasteiger partial charge is 0.337 e. The number of anilines is 1. The first-order valence-electron chi connectivity index (χ1n) is 6.34. The number of carboxylic acid groups (broad SMARTS) is 1. The van der Waals surface area contributed by atoms with Gasteiger partial charge in [0.05, 0.1) is 11.3 Å². The number of benzene rings is 1. The maximum atomic E-state index is 11.4. The van der Waals surface area contributed by atoms with Gasteiger partial charge in [0, 0.05) is 23.6 Å². The molecular formula is C14H19BrN2O2. The second-order valence-corrected chi connectivity index (χ2v) is 6.30. The van der Waals surface area contributed by atoms with Gasteiger partial charge in [0.1, 0.15) is 0 Å². The van der Waals surface area contributed by atoms with E-state index >= 15 is 0 Å². The fourth-order valence-electron chi connectivity index (χ4n) is 2.77. The summed E-state index contributed by atoms with van der Waals surface area (Å²) in [5, 5.41) is 9.33. The molecule has 1 heterocycles. The zero-order valence-electron chi connectivity index (χ0n) is 11.4. The molecule has 104 valence electrons. The molecule has 1 aliphatic rings. The van der Waals surface area contributed by atoms with Crippen LogP contribution < -0.4 is 4.90 Å². The van der Waals surface area contributed by atoms with Gasteiger partial charge in [-0.15, -0.1) is 0 Å². The minimum atomic E-state index is -0.878. The monoisotopic (exact) mass is 326 g/mol. The molecule has 2 atom stereocenters. The second kappa shape index (κ2) is 5.51. The largest absolute Gasteiger partial charge is 0.478 e. The normalized spacial score (nSPS) is 23.1. The van der Waals surface area contributed by atoms with Gasteiger partial charge >= 0.3 is 5.97 Å². The lowest BCUT2D eigenvalue weighted by molar-refractivity contribution is 0.0697. The van der Waals surface area contributed by atoms with E-state index < -0.39 is 5.97 Å². The van der Waals surface area contributed by atoms with Gasteiger partial charge in [-0.2, -0.15) is 0 Å². The first-order chi connectivity index (χ1) is 8.90. The van der Waals surface area contributed by atoms with Crippen molar-refractivity contribution in [1.29, 1.82) is 0 Å². The summed E-state index contributed by atoms with van der Waals surface area (Å²) in [6, 6.07) is 5.92. The van der Waals surface area contributed by atoms with E-state index in [1.54, 1.807) is 6.07 Å². The summed E-state index contributed by atoms with van der Waals surface area (Å²) >= 11 is 3.33. The first kappa shape index (κ1) is 14.3. The van der Waals surface area contributed by atoms with Crippen molar-refractivity contribution in [3.8, 4) is 0 Å². The number of aromatic carboxylic acids is 1. The van der Waals surface area contributed by atoms with Gasteiger partial charge in [-0.25, -0.2) is 4.79 Å². The fourth-order valence-corrected chi connectivity index (χ4v) is 3.13. The SMILES string of the molecule is CC1CN(c2ccc(Br)cc2C(=O)O)CC1N(C)C. The Morgan fingerprint density at radius 1 is 1.42 bits per heavy atom. The van der Waals surface area contributed by atoms with Crippen LogP contribution in [0.3, 0.4) is 0 Å². The van der Waals surface area contributed by atoms with E-state index in [0.29, 0.717) is 17.5 Å². The van der Waals surface area contributed by atoms with Crippen molar-refractivity contribution in [3.63, 3.8) is 0 Å². The summed E-state index contributed by atoms with van der Waals surface area (Å²) in [6.07, 6.45) is 0. The van der Waals surface area contributed by atoms with E-state index in [1.165, 1.54) is 0 Å². The highest BCUT2D eigenvalue weighted by molar-refractivity contribution is 9.10. The molecule has 0 bridgehead atoms. The van der Waals surface area contributed by atoms with Crippen LogP contribution in [0.1, 0.15) is 17.3 Å². The van der Waals surface area contributed by atoms with Crippen molar-refractivity contribution < 1.29 is 9.90 Å². The molecule has 0 aromatic heterocycles. The summed E-state index contributed by atoms with van der Waals surface area (Å²) in [5.41, 5.74) is 1.17. The molecular weight excluding hydrogens is 308 g/mol. The molecule has 19 heavy (non-hydrogen) atoms. The summed E-state index contributed by atoms with van der Waals surface area (Å²) in [6.45, 7) is 3.98. The molecule has 0 spiro atoms. The summed E-state index contributed by atoms with van der Waals surface area (Å²) in [4.78, 5) is 15.8. The third kappa shape index (κ3) is 2.92. The van der Waals surface area contributed by atoms with E-state index in [0.717, 1.165) is 23.2 Å². The highest BCUT2D eigenvalue weighted by Crippen LogP contribution is 2.30. The number of hydrogen-bond acceptors (Lipinski definition) is 3. The summed E-state index contributed by atoms with van der Waals surface area (Å²) < 4.78 is 0.796. The fraction of sp³-hybridized carbons (Fsp3) is 0.500. The molecule has 1 fully saturated rings. The third-order valence-corrected chi connectivity index (χ3v) is 4.26. The van der Waals surface area contributed by atoms with Gasteiger partial charge in [0.25, 0.3) is 0 Å². The van der Waals surface area contributed by atoms with Crippen molar-refractivity contribution in [1.82, 2.24) is 4.90 Å². The molecule has 4 nitrogen and oxygen atoms in total. The lowest BCUT2D eigenvalue weighted by atomic mass is 10.1. The number of halogens is 1. The Hall–Kier alpha value is -1.07. The lowest BCUT2D eigenvalue weighted by Gasteiger charge is -2.23. The number of hydrogen-bond donors (Lipinski definition) is 1. The molecule has 1 aliphatic heterocycles. The molecule has 5 heteroatoms. The average Bonchev–Trinajstić information content (AvgIpc) is 2.71. The van der Waals surface area contributed by atoms with Gasteiger partial charge in [0.15, 0.2) is 0 Å². The highest BCUT2D eigenvalue weighted by atomic mass is 79.9. The molecule has 1 saturated heterocycles. The molecule has 1 aromatic rings. The standard InChI is InChI=1S/C14H19BrN2O2/c1-9-7-17(8-13(9)16(2)3)12-5-4-10(15)6-11(12)14(18)19/h4-6,9,13H,7-8H2,1-3H3,(H,18,19). The van der Waals surface area contributed by atoms with Crippen LogP contribution in [0.15, 0.2) is 22.7 Å². The predicted molar refractivity (Wildman–Crippen MR) is 80.0 cm³/mol. The highest BCUT2D eigenvalue weighted by Gasteiger charge is 2.32. The van der Waals surface area contributed by atoms with E-state index in [9.17, 15) is 9.90 Å². The average molecular weight is 327 g/mol. The quantitative estimate of drug-likeness (QED) is 0.927. The zero-order valence-corrected chi connectivity index (χ0v) is 13.0. The van der Waals surface area contributed by atoms with Crippen LogP contribution in [0.4, 0.5) is 5.69 Å². The van der Waals surface area contributed by atoms with Crippen molar-refractivity contribution >= 4 is 27.6 Å². The van der Waals surface area contributed by atoms with Crippen molar-refractivity contribution in [3.05, 3.63) is 28.2 Å². The number of nitrogens with zero attached hydrogens (tertiary/aromatic N) is 2. The van der Waals surface area contributed by atoms with Crippen molar-refractivity contribution in [2.24, 2.45) is 5.92 Å². The minimum absolute atomic E-state index is 0.362. The van der Waals surface area contributed by atoms with E-state index in [2.05, 4.69) is 46.7 Å². The maximum Gasteiger partial charge on any atom is 0.337 e. The maximum absolute atomic E-state index is 11.4. The van der Waals surface area contributed by atoms with Crippen molar-refractivity contribution in [2.45, 2.75) is 13.0 Å². The Kier molecular flexibility index (Phi) is 4.16. The molecule has 2 rings (SSSR count). The minimum Gasteiger partial charge on any atom is -0.478 e. The van der Waals surface area contributed by atoms with Crippen LogP contribution in [0, 0.1) is 5.92 Å². The molecule has 1 N–H and O–H groups in total. The number of likely N-dealkylation sites (N-methyl/N-ethyl adjacent to an activating group) is 1. The van der Waals surface area contributed by atoms with Crippen LogP contribution in [-0.4, -0.2) is 49.2 Å². The summed E-state index contributed by atoms with van der Waals surface area (Å²) in [7, 11) is 4.15. The topological polar surface area (TPSA) is 43.8 Å². The Balaban J connectivity index is 2.31. The van der Waals surface area contributed by atoms with Crippen molar-refractivity contribution in [2.75, 3.05) is 32.1 Å². The van der Waals surface area contributed by atoms with Crippen LogP contribution >= 0.6 is 15.9 Å². The summed E-state index contributed by atoms with van der Waals surface area (Å²) in [5.74, 6) is -0.349. The predicted octanol–water partition coefficient (Wildman–Crippen LogP) is 2.53. The van der Waals surface area contributed by atoms with Gasteiger partial charge in [-0.05, 0) is 38.2 Å². The van der Waals surface area contributed by atoms with Crippen LogP contribution in [-0.2, 0) is 0 Å². The molecule has 0 radical (unpaired) electrons. The van der Waals surface area contributed by atoms with E-state index in [1.807, 2.05) is 12.1 Å². The number of carbonyl (C=O) groups is 1.